The molecule has 0 aliphatic rings. The molecule has 1 rings (SSSR count). The molecule has 7 heteroatoms. The molecule has 0 saturated carbocycles. The summed E-state index contributed by atoms with van der Waals surface area (Å²) < 4.78 is 0. The Labute approximate surface area is 109 Å². The van der Waals surface area contributed by atoms with Gasteiger partial charge < -0.3 is 15.7 Å². The number of thiazole rings is 1. The quantitative estimate of drug-likeness (QED) is 0.738. The summed E-state index contributed by atoms with van der Waals surface area (Å²) in [6.45, 7) is 6.28. The van der Waals surface area contributed by atoms with E-state index < -0.39 is 5.97 Å². The summed E-state index contributed by atoms with van der Waals surface area (Å²) in [7, 11) is 0. The molecule has 0 bridgehead atoms. The van der Waals surface area contributed by atoms with Crippen LogP contribution in [0.5, 0.6) is 0 Å². The van der Waals surface area contributed by atoms with Crippen molar-refractivity contribution in [3.05, 3.63) is 16.1 Å². The molecule has 6 nitrogen and oxygen atoms in total. The number of nitrogens with zero attached hydrogens (tertiary/aromatic N) is 1. The zero-order valence-electron chi connectivity index (χ0n) is 10.6. The van der Waals surface area contributed by atoms with Crippen LogP contribution < -0.4 is 10.6 Å². The van der Waals surface area contributed by atoms with E-state index in [4.69, 9.17) is 5.11 Å². The lowest BCUT2D eigenvalue weighted by Gasteiger charge is -2.20. The number of carbonyl (C=O) groups excluding carboxylic acids is 1. The van der Waals surface area contributed by atoms with Gasteiger partial charge in [0.1, 0.15) is 0 Å². The Balaban J connectivity index is 2.33. The van der Waals surface area contributed by atoms with Crippen molar-refractivity contribution in [1.29, 1.82) is 0 Å². The zero-order valence-corrected chi connectivity index (χ0v) is 11.4. The molecule has 1 aromatic rings. The largest absolute Gasteiger partial charge is 0.476 e. The Kier molecular flexibility index (Phi) is 4.80. The van der Waals surface area contributed by atoms with Gasteiger partial charge in [0.15, 0.2) is 0 Å². The van der Waals surface area contributed by atoms with Gasteiger partial charge in [-0.15, -0.1) is 11.3 Å². The van der Waals surface area contributed by atoms with Crippen molar-refractivity contribution in [2.45, 2.75) is 32.9 Å². The van der Waals surface area contributed by atoms with Gasteiger partial charge in [0, 0.05) is 17.5 Å². The number of hydrogen-bond acceptors (Lipinski definition) is 5. The third-order valence-electron chi connectivity index (χ3n) is 1.84. The Bertz CT molecular complexity index is 437. The Morgan fingerprint density at radius 2 is 2.11 bits per heavy atom. The van der Waals surface area contributed by atoms with Crippen LogP contribution in [-0.4, -0.2) is 34.1 Å². The topological polar surface area (TPSA) is 91.3 Å². The number of nitrogens with one attached hydrogen (secondary N) is 2. The fourth-order valence-electron chi connectivity index (χ4n) is 1.25. The SMILES string of the molecule is CC(C)(C)NC(=O)CNCc1csc(C(=O)O)n1. The van der Waals surface area contributed by atoms with Crippen LogP contribution >= 0.6 is 11.3 Å². The molecular formula is C11H17N3O3S. The van der Waals surface area contributed by atoms with Crippen LogP contribution in [-0.2, 0) is 11.3 Å². The number of carboxylic acids is 1. The van der Waals surface area contributed by atoms with E-state index in [1.807, 2.05) is 20.8 Å². The van der Waals surface area contributed by atoms with Gasteiger partial charge in [0.2, 0.25) is 10.9 Å². The number of rotatable bonds is 5. The maximum atomic E-state index is 11.5. The minimum absolute atomic E-state index is 0.0611. The molecule has 0 fully saturated rings. The first-order valence-corrected chi connectivity index (χ1v) is 6.35. The summed E-state index contributed by atoms with van der Waals surface area (Å²) in [5.41, 5.74) is 0.372. The van der Waals surface area contributed by atoms with Crippen molar-refractivity contribution < 1.29 is 14.7 Å². The number of aromatic nitrogens is 1. The van der Waals surface area contributed by atoms with Gasteiger partial charge in [-0.05, 0) is 20.8 Å². The number of amides is 1. The minimum atomic E-state index is -1.03. The van der Waals surface area contributed by atoms with E-state index in [-0.39, 0.29) is 23.0 Å². The highest BCUT2D eigenvalue weighted by Crippen LogP contribution is 2.09. The van der Waals surface area contributed by atoms with Crippen LogP contribution in [0.3, 0.4) is 0 Å². The first-order chi connectivity index (χ1) is 8.28. The molecular weight excluding hydrogens is 254 g/mol. The summed E-state index contributed by atoms with van der Waals surface area (Å²) in [6, 6.07) is 0. The molecule has 0 aliphatic heterocycles. The zero-order chi connectivity index (χ0) is 13.8. The first kappa shape index (κ1) is 14.6. The lowest BCUT2D eigenvalue weighted by molar-refractivity contribution is -0.121. The fraction of sp³-hybridized carbons (Fsp3) is 0.545. The van der Waals surface area contributed by atoms with E-state index in [0.717, 1.165) is 11.3 Å². The predicted octanol–water partition coefficient (Wildman–Crippen LogP) is 0.846. The van der Waals surface area contributed by atoms with Gasteiger partial charge in [0.05, 0.1) is 12.2 Å². The van der Waals surface area contributed by atoms with Crippen molar-refractivity contribution in [3.8, 4) is 0 Å². The third-order valence-corrected chi connectivity index (χ3v) is 2.72. The van der Waals surface area contributed by atoms with Gasteiger partial charge in [-0.1, -0.05) is 0 Å². The van der Waals surface area contributed by atoms with Gasteiger partial charge >= 0.3 is 5.97 Å². The lowest BCUT2D eigenvalue weighted by Crippen LogP contribution is -2.44. The van der Waals surface area contributed by atoms with Crippen LogP contribution in [0.15, 0.2) is 5.38 Å². The van der Waals surface area contributed by atoms with Gasteiger partial charge in [-0.3, -0.25) is 4.79 Å². The van der Waals surface area contributed by atoms with Gasteiger partial charge in [-0.25, -0.2) is 9.78 Å². The molecule has 0 unspecified atom stereocenters. The summed E-state index contributed by atoms with van der Waals surface area (Å²) >= 11 is 1.08. The van der Waals surface area contributed by atoms with E-state index in [1.165, 1.54) is 0 Å². The number of hydrogen-bond donors (Lipinski definition) is 3. The molecule has 0 atom stereocenters. The summed E-state index contributed by atoms with van der Waals surface area (Å²) in [6.07, 6.45) is 0. The molecule has 0 radical (unpaired) electrons. The molecule has 0 aliphatic carbocycles. The van der Waals surface area contributed by atoms with Crippen LogP contribution in [0.25, 0.3) is 0 Å². The molecule has 100 valence electrons. The minimum Gasteiger partial charge on any atom is -0.476 e. The van der Waals surface area contributed by atoms with Crippen molar-refractivity contribution in [2.75, 3.05) is 6.54 Å². The molecule has 3 N–H and O–H groups in total. The number of aromatic carboxylic acids is 1. The highest BCUT2D eigenvalue weighted by Gasteiger charge is 2.13. The maximum Gasteiger partial charge on any atom is 0.365 e. The van der Waals surface area contributed by atoms with Crippen molar-refractivity contribution in [2.24, 2.45) is 0 Å². The first-order valence-electron chi connectivity index (χ1n) is 5.47. The monoisotopic (exact) mass is 271 g/mol. The lowest BCUT2D eigenvalue weighted by atomic mass is 10.1. The smallest absolute Gasteiger partial charge is 0.365 e. The molecule has 18 heavy (non-hydrogen) atoms. The van der Waals surface area contributed by atoms with E-state index in [1.54, 1.807) is 5.38 Å². The Morgan fingerprint density at radius 1 is 1.44 bits per heavy atom. The van der Waals surface area contributed by atoms with Crippen molar-refractivity contribution in [1.82, 2.24) is 15.6 Å². The van der Waals surface area contributed by atoms with Crippen LogP contribution in [0.4, 0.5) is 0 Å². The second-order valence-corrected chi connectivity index (χ2v) is 5.71. The Hall–Kier alpha value is -1.47. The number of carbonyl (C=O) groups is 2. The Morgan fingerprint density at radius 3 is 2.61 bits per heavy atom. The van der Waals surface area contributed by atoms with Gasteiger partial charge in [0.25, 0.3) is 0 Å². The summed E-state index contributed by atoms with van der Waals surface area (Å²) in [5.74, 6) is -1.13. The van der Waals surface area contributed by atoms with E-state index in [2.05, 4.69) is 15.6 Å². The molecule has 1 amide bonds. The molecule has 0 aromatic carbocycles. The second-order valence-electron chi connectivity index (χ2n) is 4.85. The van der Waals surface area contributed by atoms with E-state index in [9.17, 15) is 9.59 Å². The standard InChI is InChI=1S/C11H17N3O3S/c1-11(2,3)14-8(15)5-12-4-7-6-18-9(13-7)10(16)17/h6,12H,4-5H2,1-3H3,(H,14,15)(H,16,17). The highest BCUT2D eigenvalue weighted by molar-refractivity contribution is 7.11. The number of carboxylic acid groups (broad SMARTS) is 1. The normalized spacial score (nSPS) is 11.3. The average molecular weight is 271 g/mol. The van der Waals surface area contributed by atoms with Gasteiger partial charge in [-0.2, -0.15) is 0 Å². The molecule has 1 heterocycles. The fourth-order valence-corrected chi connectivity index (χ4v) is 1.91. The van der Waals surface area contributed by atoms with Crippen molar-refractivity contribution >= 4 is 23.2 Å². The van der Waals surface area contributed by atoms with Crippen LogP contribution in [0.1, 0.15) is 36.3 Å². The van der Waals surface area contributed by atoms with Crippen molar-refractivity contribution in [3.63, 3.8) is 0 Å². The second kappa shape index (κ2) is 5.92. The summed E-state index contributed by atoms with van der Waals surface area (Å²) in [5, 5.41) is 16.2. The predicted molar refractivity (Wildman–Crippen MR) is 68.7 cm³/mol. The van der Waals surface area contributed by atoms with Crippen LogP contribution in [0.2, 0.25) is 0 Å². The molecule has 0 spiro atoms. The van der Waals surface area contributed by atoms with E-state index >= 15 is 0 Å². The average Bonchev–Trinajstić information content (AvgIpc) is 2.63. The van der Waals surface area contributed by atoms with Crippen LogP contribution in [0, 0.1) is 0 Å². The molecule has 1 aromatic heterocycles. The third kappa shape index (κ3) is 5.24. The molecule has 0 saturated heterocycles. The summed E-state index contributed by atoms with van der Waals surface area (Å²) in [4.78, 5) is 26.0. The maximum absolute atomic E-state index is 11.5. The highest BCUT2D eigenvalue weighted by atomic mass is 32.1. The van der Waals surface area contributed by atoms with E-state index in [0.29, 0.717) is 12.2 Å².